The quantitative estimate of drug-likeness (QED) is 0.850. The molecular formula is C10H12Cl2N2O2. The average Bonchev–Trinajstić information content (AvgIpc) is 2.20. The number of rotatable bonds is 5. The maximum absolute atomic E-state index is 10.7. The monoisotopic (exact) mass is 262 g/mol. The summed E-state index contributed by atoms with van der Waals surface area (Å²) < 4.78 is 0. The van der Waals surface area contributed by atoms with E-state index in [1.165, 1.54) is 0 Å². The van der Waals surface area contributed by atoms with Crippen molar-refractivity contribution in [3.8, 4) is 0 Å². The van der Waals surface area contributed by atoms with E-state index in [9.17, 15) is 4.79 Å². The first-order valence-electron chi connectivity index (χ1n) is 4.66. The van der Waals surface area contributed by atoms with Crippen LogP contribution in [0.5, 0.6) is 0 Å². The molecular weight excluding hydrogens is 251 g/mol. The molecule has 0 amide bonds. The summed E-state index contributed by atoms with van der Waals surface area (Å²) in [6.45, 7) is 0.597. The number of halogens is 2. The van der Waals surface area contributed by atoms with Crippen molar-refractivity contribution in [2.75, 3.05) is 24.5 Å². The normalized spacial score (nSPS) is 10.2. The van der Waals surface area contributed by atoms with Gasteiger partial charge in [-0.25, -0.2) is 0 Å². The lowest BCUT2D eigenvalue weighted by molar-refractivity contribution is -0.135. The second-order valence-electron chi connectivity index (χ2n) is 3.20. The summed E-state index contributed by atoms with van der Waals surface area (Å²) in [5.41, 5.74) is 6.01. The SMILES string of the molecule is NCCN(CC(=O)O)c1cc(Cl)ccc1Cl. The number of aliphatic carboxylic acids is 1. The van der Waals surface area contributed by atoms with Crippen LogP contribution in [0, 0.1) is 0 Å². The van der Waals surface area contributed by atoms with Crippen LogP contribution in [0.1, 0.15) is 0 Å². The van der Waals surface area contributed by atoms with Gasteiger partial charge in [0.1, 0.15) is 6.54 Å². The van der Waals surface area contributed by atoms with Gasteiger partial charge < -0.3 is 15.7 Å². The summed E-state index contributed by atoms with van der Waals surface area (Å²) in [6.07, 6.45) is 0. The second kappa shape index (κ2) is 5.94. The van der Waals surface area contributed by atoms with Gasteiger partial charge >= 0.3 is 5.97 Å². The summed E-state index contributed by atoms with van der Waals surface area (Å²) in [5.74, 6) is -0.940. The van der Waals surface area contributed by atoms with E-state index < -0.39 is 5.97 Å². The Morgan fingerprint density at radius 1 is 1.44 bits per heavy atom. The number of carbonyl (C=O) groups is 1. The van der Waals surface area contributed by atoms with Crippen molar-refractivity contribution in [3.63, 3.8) is 0 Å². The molecule has 0 saturated heterocycles. The van der Waals surface area contributed by atoms with Crippen molar-refractivity contribution < 1.29 is 9.90 Å². The first-order chi connectivity index (χ1) is 7.54. The molecule has 0 atom stereocenters. The van der Waals surface area contributed by atoms with Gasteiger partial charge in [-0.15, -0.1) is 0 Å². The molecule has 0 aliphatic carbocycles. The van der Waals surface area contributed by atoms with Gasteiger partial charge in [0.25, 0.3) is 0 Å². The minimum absolute atomic E-state index is 0.155. The Kier molecular flexibility index (Phi) is 4.86. The van der Waals surface area contributed by atoms with Crippen LogP contribution in [0.3, 0.4) is 0 Å². The Bertz CT molecular complexity index is 385. The van der Waals surface area contributed by atoms with E-state index in [4.69, 9.17) is 34.0 Å². The standard InChI is InChI=1S/C10H12Cl2N2O2/c11-7-1-2-8(12)9(5-7)14(4-3-13)6-10(15)16/h1-2,5H,3-4,6,13H2,(H,15,16). The molecule has 88 valence electrons. The number of carboxylic acids is 1. The third-order valence-electron chi connectivity index (χ3n) is 1.97. The molecule has 0 saturated carbocycles. The Hall–Kier alpha value is -0.970. The average molecular weight is 263 g/mol. The van der Waals surface area contributed by atoms with Gasteiger partial charge in [-0.1, -0.05) is 23.2 Å². The number of carboxylic acid groups (broad SMARTS) is 1. The van der Waals surface area contributed by atoms with Gasteiger partial charge in [0.05, 0.1) is 10.7 Å². The molecule has 0 aliphatic rings. The molecule has 0 spiro atoms. The van der Waals surface area contributed by atoms with Gasteiger partial charge in [-0.3, -0.25) is 4.79 Å². The molecule has 0 unspecified atom stereocenters. The van der Waals surface area contributed by atoms with Crippen LogP contribution in [-0.2, 0) is 4.79 Å². The van der Waals surface area contributed by atoms with Gasteiger partial charge in [0, 0.05) is 18.1 Å². The molecule has 6 heteroatoms. The molecule has 0 aliphatic heterocycles. The van der Waals surface area contributed by atoms with Gasteiger partial charge in [-0.2, -0.15) is 0 Å². The fourth-order valence-corrected chi connectivity index (χ4v) is 1.74. The van der Waals surface area contributed by atoms with E-state index in [1.54, 1.807) is 23.1 Å². The molecule has 0 radical (unpaired) electrons. The molecule has 16 heavy (non-hydrogen) atoms. The van der Waals surface area contributed by atoms with E-state index in [-0.39, 0.29) is 6.54 Å². The van der Waals surface area contributed by atoms with Gasteiger partial charge in [0.15, 0.2) is 0 Å². The highest BCUT2D eigenvalue weighted by Gasteiger charge is 2.13. The zero-order chi connectivity index (χ0) is 12.1. The highest BCUT2D eigenvalue weighted by Crippen LogP contribution is 2.28. The van der Waals surface area contributed by atoms with Crippen molar-refractivity contribution >= 4 is 34.9 Å². The van der Waals surface area contributed by atoms with E-state index in [1.807, 2.05) is 0 Å². The highest BCUT2D eigenvalue weighted by molar-refractivity contribution is 6.35. The molecule has 1 aromatic rings. The Balaban J connectivity index is 2.99. The van der Waals surface area contributed by atoms with Crippen LogP contribution in [0.15, 0.2) is 18.2 Å². The molecule has 4 nitrogen and oxygen atoms in total. The van der Waals surface area contributed by atoms with Gasteiger partial charge in [-0.05, 0) is 18.2 Å². The maximum Gasteiger partial charge on any atom is 0.323 e. The molecule has 1 rings (SSSR count). The number of nitrogens with two attached hydrogens (primary N) is 1. The first-order valence-corrected chi connectivity index (χ1v) is 5.42. The van der Waals surface area contributed by atoms with Crippen LogP contribution in [0.4, 0.5) is 5.69 Å². The summed E-state index contributed by atoms with van der Waals surface area (Å²) in [4.78, 5) is 12.3. The Labute approximate surface area is 104 Å². The Morgan fingerprint density at radius 2 is 2.12 bits per heavy atom. The fourth-order valence-electron chi connectivity index (χ4n) is 1.33. The molecule has 3 N–H and O–H groups in total. The third-order valence-corrected chi connectivity index (χ3v) is 2.53. The maximum atomic E-state index is 10.7. The van der Waals surface area contributed by atoms with Crippen LogP contribution in [-0.4, -0.2) is 30.7 Å². The van der Waals surface area contributed by atoms with E-state index >= 15 is 0 Å². The van der Waals surface area contributed by atoms with Crippen molar-refractivity contribution in [1.29, 1.82) is 0 Å². The number of benzene rings is 1. The smallest absolute Gasteiger partial charge is 0.323 e. The highest BCUT2D eigenvalue weighted by atomic mass is 35.5. The van der Waals surface area contributed by atoms with E-state index in [0.29, 0.717) is 28.8 Å². The lowest BCUT2D eigenvalue weighted by Gasteiger charge is -2.23. The minimum Gasteiger partial charge on any atom is -0.480 e. The van der Waals surface area contributed by atoms with Crippen molar-refractivity contribution in [3.05, 3.63) is 28.2 Å². The van der Waals surface area contributed by atoms with Crippen molar-refractivity contribution in [2.45, 2.75) is 0 Å². The van der Waals surface area contributed by atoms with Gasteiger partial charge in [0.2, 0.25) is 0 Å². The molecule has 0 fully saturated rings. The summed E-state index contributed by atoms with van der Waals surface area (Å²) in [7, 11) is 0. The minimum atomic E-state index is -0.940. The molecule has 1 aromatic carbocycles. The van der Waals surface area contributed by atoms with Crippen LogP contribution < -0.4 is 10.6 Å². The summed E-state index contributed by atoms with van der Waals surface area (Å²) in [6, 6.07) is 4.90. The molecule has 0 aromatic heterocycles. The third kappa shape index (κ3) is 3.56. The van der Waals surface area contributed by atoms with Crippen LogP contribution >= 0.6 is 23.2 Å². The zero-order valence-electron chi connectivity index (χ0n) is 8.49. The predicted octanol–water partition coefficient (Wildman–Crippen LogP) is 1.84. The molecule has 0 heterocycles. The number of hydrogen-bond donors (Lipinski definition) is 2. The largest absolute Gasteiger partial charge is 0.480 e. The van der Waals surface area contributed by atoms with Crippen molar-refractivity contribution in [1.82, 2.24) is 0 Å². The fraction of sp³-hybridized carbons (Fsp3) is 0.300. The molecule has 0 bridgehead atoms. The number of anilines is 1. The summed E-state index contributed by atoms with van der Waals surface area (Å²) in [5, 5.41) is 9.74. The van der Waals surface area contributed by atoms with Crippen LogP contribution in [0.25, 0.3) is 0 Å². The number of nitrogens with zero attached hydrogens (tertiary/aromatic N) is 1. The van der Waals surface area contributed by atoms with E-state index in [0.717, 1.165) is 0 Å². The zero-order valence-corrected chi connectivity index (χ0v) is 10.0. The second-order valence-corrected chi connectivity index (χ2v) is 4.04. The lowest BCUT2D eigenvalue weighted by atomic mass is 10.2. The first kappa shape index (κ1) is 13.1. The summed E-state index contributed by atoms with van der Waals surface area (Å²) >= 11 is 11.8. The number of hydrogen-bond acceptors (Lipinski definition) is 3. The predicted molar refractivity (Wildman–Crippen MR) is 65.4 cm³/mol. The van der Waals surface area contributed by atoms with Crippen LogP contribution in [0.2, 0.25) is 10.0 Å². The topological polar surface area (TPSA) is 66.6 Å². The van der Waals surface area contributed by atoms with E-state index in [2.05, 4.69) is 0 Å². The lowest BCUT2D eigenvalue weighted by Crippen LogP contribution is -2.34. The Morgan fingerprint density at radius 3 is 2.69 bits per heavy atom. The van der Waals surface area contributed by atoms with Crippen molar-refractivity contribution in [2.24, 2.45) is 5.73 Å².